The molecule has 18 N–H and O–H groups in total. The Morgan fingerprint density at radius 2 is 0.981 bits per heavy atom. The van der Waals surface area contributed by atoms with Crippen LogP contribution in [-0.2, 0) is 105 Å². The molecule has 0 aromatic rings. The molecule has 1 aliphatic rings. The number of alkyl halides is 1. The maximum Gasteiger partial charge on any atom is 0.410 e. The van der Waals surface area contributed by atoms with Crippen molar-refractivity contribution in [1.29, 1.82) is 0 Å². The van der Waals surface area contributed by atoms with E-state index in [1.54, 1.807) is 0 Å². The minimum absolute atomic E-state index is 0.0712. The number of alkyl carbamates (subject to hydrolysis) is 3. The third-order valence-corrected chi connectivity index (χ3v) is 15.4. The number of hydrogen-bond acceptors (Lipinski definition) is 29. The van der Waals surface area contributed by atoms with Crippen LogP contribution in [0, 0.1) is 0 Å². The lowest BCUT2D eigenvalue weighted by atomic mass is 10.0. The van der Waals surface area contributed by atoms with E-state index in [1.807, 2.05) is 16.0 Å². The summed E-state index contributed by atoms with van der Waals surface area (Å²) in [5, 5.41) is 89.3. The molecule has 1 fully saturated rings. The highest BCUT2D eigenvalue weighted by molar-refractivity contribution is 6.18. The average Bonchev–Trinajstić information content (AvgIpc) is 0.843. The number of carbonyl (C=O) groups is 18. The van der Waals surface area contributed by atoms with Crippen LogP contribution in [0.3, 0.4) is 0 Å². The number of carboxylic acid groups (broad SMARTS) is 2. The summed E-state index contributed by atoms with van der Waals surface area (Å²) in [5.74, 6) is -22.6. The molecule has 1 heterocycles. The molecule has 1 saturated heterocycles. The highest BCUT2D eigenvalue weighted by Gasteiger charge is 2.41. The number of rotatable bonds is 37. The first-order valence-electron chi connectivity index (χ1n) is 34.0. The van der Waals surface area contributed by atoms with Gasteiger partial charge in [0.25, 0.3) is 5.91 Å². The van der Waals surface area contributed by atoms with Crippen LogP contribution in [0.4, 0.5) is 14.4 Å². The number of unbranched alkanes of at least 4 members (excludes halogenated alkanes) is 9. The molecule has 0 bridgehead atoms. The molecular weight excluding hydrogens is 1460 g/mol. The lowest BCUT2D eigenvalue weighted by molar-refractivity contribution is -0.155. The summed E-state index contributed by atoms with van der Waals surface area (Å²) >= 11 is 5.91. The Morgan fingerprint density at radius 3 is 1.45 bits per heavy atom. The smallest absolute Gasteiger partial charge is 0.410 e. The zero-order valence-corrected chi connectivity index (χ0v) is 60.7. The highest BCUT2D eigenvalue weighted by atomic mass is 35.5. The molecule has 0 aliphatic carbocycles. The van der Waals surface area contributed by atoms with Gasteiger partial charge in [0.2, 0.25) is 67.6 Å². The second-order valence-electron chi connectivity index (χ2n) is 23.8. The summed E-state index contributed by atoms with van der Waals surface area (Å²) in [7, 11) is 0. The van der Waals surface area contributed by atoms with Crippen molar-refractivity contribution in [2.45, 2.75) is 223 Å². The number of esters is 4. The molecule has 0 aromatic heterocycles. The minimum Gasteiger partial charge on any atom is -0.481 e. The number of amides is 12. The van der Waals surface area contributed by atoms with Gasteiger partial charge in [-0.25, -0.2) is 24.0 Å². The fourth-order valence-corrected chi connectivity index (χ4v) is 9.53. The first kappa shape index (κ1) is 94.7. The third kappa shape index (κ3) is 40.7. The summed E-state index contributed by atoms with van der Waals surface area (Å²) in [5.41, 5.74) is -0.916. The van der Waals surface area contributed by atoms with Crippen LogP contribution in [0.15, 0.2) is 11.8 Å². The van der Waals surface area contributed by atoms with Gasteiger partial charge in [-0.1, -0.05) is 70.8 Å². The molecule has 44 heteroatoms. The lowest BCUT2D eigenvalue weighted by Gasteiger charge is -2.29. The van der Waals surface area contributed by atoms with E-state index < -0.39 is 264 Å². The van der Waals surface area contributed by atoms with Gasteiger partial charge in [0.1, 0.15) is 54.6 Å². The van der Waals surface area contributed by atoms with Crippen LogP contribution >= 0.6 is 11.6 Å². The largest absolute Gasteiger partial charge is 0.481 e. The van der Waals surface area contributed by atoms with Gasteiger partial charge >= 0.3 is 54.1 Å². The Hall–Kier alpha value is -10.3. The molecule has 604 valence electrons. The van der Waals surface area contributed by atoms with E-state index in [-0.39, 0.29) is 25.8 Å². The Labute approximate surface area is 618 Å². The van der Waals surface area contributed by atoms with Crippen molar-refractivity contribution in [3.05, 3.63) is 11.8 Å². The zero-order valence-electron chi connectivity index (χ0n) is 60.0. The normalized spacial score (nSPS) is 21.1. The maximum absolute atomic E-state index is 14.7. The van der Waals surface area contributed by atoms with Gasteiger partial charge in [0.05, 0.1) is 37.0 Å². The van der Waals surface area contributed by atoms with E-state index in [9.17, 15) is 117 Å². The number of cyclic esters (lactones) is 1. The number of carbonyl (C=O) groups excluding carboxylic acids is 16. The Kier molecular flexibility index (Phi) is 46.6. The number of allylic oxidation sites excluding steroid dienone is 1. The number of hydrogen-bond donors (Lipinski definition) is 18. The summed E-state index contributed by atoms with van der Waals surface area (Å²) < 4.78 is 33.2. The Bertz CT molecular complexity index is 3050. The molecule has 1 rings (SSSR count). The van der Waals surface area contributed by atoms with Gasteiger partial charge in [0.15, 0.2) is 12.1 Å². The predicted octanol–water partition coefficient (Wildman–Crippen LogP) is -4.29. The second kappa shape index (κ2) is 52.7. The molecule has 0 saturated carbocycles. The van der Waals surface area contributed by atoms with Gasteiger partial charge in [-0.05, 0) is 52.4 Å². The van der Waals surface area contributed by atoms with E-state index >= 15 is 0 Å². The number of ether oxygens (including phenoxy) is 7. The number of nitrogens with one attached hydrogen (secondary N) is 12. The van der Waals surface area contributed by atoms with Crippen molar-refractivity contribution in [3.8, 4) is 0 Å². The van der Waals surface area contributed by atoms with Crippen LogP contribution in [0.25, 0.3) is 0 Å². The van der Waals surface area contributed by atoms with Crippen LogP contribution in [-0.4, -0.2) is 263 Å². The summed E-state index contributed by atoms with van der Waals surface area (Å²) in [4.78, 5) is 239. The van der Waals surface area contributed by atoms with Crippen molar-refractivity contribution in [1.82, 2.24) is 63.8 Å². The predicted molar refractivity (Wildman–Crippen MR) is 362 cm³/mol. The molecule has 1 aliphatic heterocycles. The zero-order chi connectivity index (χ0) is 80.7. The summed E-state index contributed by atoms with van der Waals surface area (Å²) in [6.45, 7) is 1.50. The molecule has 0 unspecified atom stereocenters. The summed E-state index contributed by atoms with van der Waals surface area (Å²) in [6.07, 6.45) is -7.58. The number of halogens is 1. The van der Waals surface area contributed by atoms with Gasteiger partial charge in [-0.3, -0.25) is 62.3 Å². The monoisotopic (exact) mass is 1550 g/mol. The van der Waals surface area contributed by atoms with E-state index in [1.165, 1.54) is 0 Å². The number of carboxylic acids is 2. The molecule has 0 aromatic carbocycles. The first-order valence-corrected chi connectivity index (χ1v) is 34.5. The standard InChI is InChI=1S/C63H99ClN12O31/c1-7-9-10-11-12-13-14-15-16-19-37(81)26-45(83)68-43-29-101-60(97)48(44(82)28-64)75-58(94)49(50(86)59(95)96)76-51(87)38(8-2)69-57(93)47(33(3)77)74-54(90)41(22-25-67-63(100)107-32-104-36(6)80)71-52(88)39(20-17-18-23-65-61(98)105-30-102-34(4)78)70-55(91)42(27-46(84)85)73-53(89)40(72-56(43)92)21-24-66-62(99)106-31-103-35(5)79/h8,33,37,39-44,47-50,77,81-82,86H,7,9-32H2,1-6H3,(H,65,98)(H,66,99)(H,67,100)(H,68,83)(H,69,93)(H,70,91)(H,71,88)(H,72,92)(H,73,89)(H,74,90)(H,75,94)(H,76,87)(H,84,85)(H,95,96)/b38-8+/t33-,37+,39-,40+,41+,42-,43-,44+,47-,48-,49-,50-/m0/s1. The first-order chi connectivity index (χ1) is 50.5. The minimum atomic E-state index is -2.95. The lowest BCUT2D eigenvalue weighted by Crippen LogP contribution is -2.62. The maximum atomic E-state index is 14.7. The van der Waals surface area contributed by atoms with Crippen molar-refractivity contribution in [3.63, 3.8) is 0 Å². The number of aliphatic hydroxyl groups is 4. The fraction of sp³-hybridized carbons (Fsp3) is 0.683. The van der Waals surface area contributed by atoms with Crippen molar-refractivity contribution in [2.24, 2.45) is 0 Å². The molecule has 107 heavy (non-hydrogen) atoms. The Morgan fingerprint density at radius 1 is 0.533 bits per heavy atom. The summed E-state index contributed by atoms with van der Waals surface area (Å²) in [6, 6.07) is -18.0. The average molecular weight is 1560 g/mol. The Balaban J connectivity index is 4.39. The fourth-order valence-electron chi connectivity index (χ4n) is 9.35. The molecule has 12 atom stereocenters. The molecular formula is C63H99ClN12O31. The molecule has 12 amide bonds. The van der Waals surface area contributed by atoms with E-state index in [0.29, 0.717) is 12.8 Å². The third-order valence-electron chi connectivity index (χ3n) is 15.1. The van der Waals surface area contributed by atoms with E-state index in [2.05, 4.69) is 69.0 Å². The second-order valence-corrected chi connectivity index (χ2v) is 24.1. The SMILES string of the molecule is C/C=C1/NC(=O)[C@H]([C@H](C)O)NC(=O)[C@@H](CCNC(=O)OCOC(C)=O)NC(=O)[C@H](CCCCNC(=O)OCOC(C)=O)NC(=O)[C@H](CC(=O)O)NC(=O)[C@@H](CCNC(=O)OCOC(C)=O)NC(=O)[C@@H](NC(=O)C[C@H](O)CCCCCCCCCCC)COC(=O)[C@H]([C@H](O)CCl)NC(=O)[C@H]([C@H](O)C(=O)O)NC1=O. The topological polar surface area (TPSA) is 638 Å². The van der Waals surface area contributed by atoms with Gasteiger partial charge in [0, 0.05) is 40.4 Å². The number of aliphatic hydroxyl groups excluding tert-OH is 4. The van der Waals surface area contributed by atoms with Crippen LogP contribution in [0.5, 0.6) is 0 Å². The van der Waals surface area contributed by atoms with Crippen LogP contribution < -0.4 is 63.8 Å². The van der Waals surface area contributed by atoms with Crippen molar-refractivity contribution >= 4 is 119 Å². The van der Waals surface area contributed by atoms with Gasteiger partial charge < -0.3 is 128 Å². The van der Waals surface area contributed by atoms with Gasteiger partial charge in [-0.2, -0.15) is 0 Å². The van der Waals surface area contributed by atoms with Crippen molar-refractivity contribution < 1.29 is 150 Å². The highest BCUT2D eigenvalue weighted by Crippen LogP contribution is 2.15. The van der Waals surface area contributed by atoms with Gasteiger partial charge in [-0.15, -0.1) is 11.6 Å². The van der Waals surface area contributed by atoms with E-state index in [0.717, 1.165) is 85.6 Å². The number of aliphatic carboxylic acids is 2. The van der Waals surface area contributed by atoms with Crippen LogP contribution in [0.1, 0.15) is 151 Å². The van der Waals surface area contributed by atoms with E-state index in [4.69, 9.17) is 30.5 Å². The molecule has 43 nitrogen and oxygen atoms in total. The molecule has 0 spiro atoms. The quantitative estimate of drug-likeness (QED) is 0.00699. The van der Waals surface area contributed by atoms with Crippen molar-refractivity contribution in [2.75, 3.05) is 52.5 Å². The molecule has 0 radical (unpaired) electrons. The van der Waals surface area contributed by atoms with Crippen LogP contribution in [0.2, 0.25) is 0 Å².